The molecule has 0 unspecified atom stereocenters. The molecular weight excluding hydrogens is 184 g/mol. The van der Waals surface area contributed by atoms with Crippen molar-refractivity contribution in [3.63, 3.8) is 0 Å². The van der Waals surface area contributed by atoms with Gasteiger partial charge in [-0.2, -0.15) is 0 Å². The third kappa shape index (κ3) is 2.96. The highest BCUT2D eigenvalue weighted by Crippen LogP contribution is 2.14. The van der Waals surface area contributed by atoms with E-state index in [1.165, 1.54) is 22.5 Å². The van der Waals surface area contributed by atoms with E-state index in [4.69, 9.17) is 0 Å². The number of rotatable bonds is 5. The Balaban J connectivity index is 2.65. The van der Waals surface area contributed by atoms with E-state index in [-0.39, 0.29) is 0 Å². The molecule has 0 bridgehead atoms. The van der Waals surface area contributed by atoms with Crippen LogP contribution in [-0.4, -0.2) is 11.1 Å². The van der Waals surface area contributed by atoms with Gasteiger partial charge in [0.15, 0.2) is 0 Å². The zero-order valence-corrected chi connectivity index (χ0v) is 10.4. The van der Waals surface area contributed by atoms with Crippen LogP contribution in [0.3, 0.4) is 0 Å². The molecule has 2 nitrogen and oxygen atoms in total. The molecule has 0 spiro atoms. The molecule has 0 fully saturated rings. The average molecular weight is 206 g/mol. The molecule has 0 atom stereocenters. The molecule has 0 aliphatic heterocycles. The van der Waals surface area contributed by atoms with Crippen molar-refractivity contribution in [2.75, 3.05) is 6.54 Å². The van der Waals surface area contributed by atoms with E-state index in [1.54, 1.807) is 0 Å². The maximum absolute atomic E-state index is 3.88. The highest BCUT2D eigenvalue weighted by molar-refractivity contribution is 5.26. The Hall–Kier alpha value is -1.02. The van der Waals surface area contributed by atoms with Crippen molar-refractivity contribution in [3.05, 3.63) is 35.2 Å². The molecule has 1 N–H and O–H groups in total. The number of nitrogens with one attached hydrogen (secondary N) is 1. The molecule has 0 aliphatic carbocycles. The quantitative estimate of drug-likeness (QED) is 0.733. The predicted octanol–water partition coefficient (Wildman–Crippen LogP) is 2.79. The molecule has 1 rings (SSSR count). The van der Waals surface area contributed by atoms with Crippen molar-refractivity contribution in [2.45, 2.75) is 40.8 Å². The third-order valence-electron chi connectivity index (χ3n) is 2.74. The number of nitrogens with zero attached hydrogens (tertiary/aromatic N) is 1. The van der Waals surface area contributed by atoms with Gasteiger partial charge in [0, 0.05) is 31.0 Å². The zero-order valence-electron chi connectivity index (χ0n) is 10.4. The fourth-order valence-electron chi connectivity index (χ4n) is 1.95. The van der Waals surface area contributed by atoms with E-state index in [0.29, 0.717) is 0 Å². The maximum Gasteiger partial charge on any atom is 0.0226 e. The van der Waals surface area contributed by atoms with Gasteiger partial charge in [-0.05, 0) is 39.3 Å². The van der Waals surface area contributed by atoms with Gasteiger partial charge in [0.1, 0.15) is 0 Å². The van der Waals surface area contributed by atoms with Crippen molar-refractivity contribution in [3.8, 4) is 0 Å². The summed E-state index contributed by atoms with van der Waals surface area (Å²) in [4.78, 5) is 0. The second-order valence-corrected chi connectivity index (χ2v) is 4.20. The topological polar surface area (TPSA) is 17.0 Å². The lowest BCUT2D eigenvalue weighted by atomic mass is 10.2. The Kier molecular flexibility index (Phi) is 4.15. The largest absolute Gasteiger partial charge is 0.349 e. The maximum atomic E-state index is 3.88. The number of hydrogen-bond acceptors (Lipinski definition) is 1. The normalized spacial score (nSPS) is 10.7. The Bertz CT molecular complexity index is 348. The average Bonchev–Trinajstić information content (AvgIpc) is 2.41. The van der Waals surface area contributed by atoms with E-state index in [0.717, 1.165) is 19.6 Å². The van der Waals surface area contributed by atoms with Crippen LogP contribution in [0.15, 0.2) is 18.2 Å². The number of hydrogen-bond donors (Lipinski definition) is 1. The summed E-state index contributed by atoms with van der Waals surface area (Å²) < 4.78 is 2.35. The van der Waals surface area contributed by atoms with Crippen LogP contribution in [0.2, 0.25) is 0 Å². The summed E-state index contributed by atoms with van der Waals surface area (Å²) in [7, 11) is 0. The molecule has 1 heterocycles. The van der Waals surface area contributed by atoms with Crippen LogP contribution in [0, 0.1) is 13.8 Å². The van der Waals surface area contributed by atoms with Gasteiger partial charge in [-0.3, -0.25) is 0 Å². The van der Waals surface area contributed by atoms with Gasteiger partial charge in [-0.15, -0.1) is 0 Å². The monoisotopic (exact) mass is 206 g/mol. The second-order valence-electron chi connectivity index (χ2n) is 4.20. The first-order chi connectivity index (χ1) is 7.06. The second kappa shape index (κ2) is 5.17. The number of aryl methyl sites for hydroxylation is 1. The van der Waals surface area contributed by atoms with Gasteiger partial charge in [0.2, 0.25) is 0 Å². The van der Waals surface area contributed by atoms with Gasteiger partial charge >= 0.3 is 0 Å². The minimum Gasteiger partial charge on any atom is -0.349 e. The molecule has 1 aromatic rings. The molecule has 0 saturated heterocycles. The lowest BCUT2D eigenvalue weighted by Gasteiger charge is -2.07. The minimum atomic E-state index is 0.899. The van der Waals surface area contributed by atoms with Crippen LogP contribution in [0.25, 0.3) is 0 Å². The van der Waals surface area contributed by atoms with E-state index in [9.17, 15) is 0 Å². The first kappa shape index (κ1) is 12.1. The molecule has 1 aromatic heterocycles. The standard InChI is InChI=1S/C13H22N2/c1-6-15-11(4)7-13(12(15)5)9-14-8-10(2)3/h7,14H,2,6,8-9H2,1,3-5H3. The summed E-state index contributed by atoms with van der Waals surface area (Å²) in [6.45, 7) is 15.4. The Labute approximate surface area is 93.0 Å². The van der Waals surface area contributed by atoms with E-state index in [2.05, 4.69) is 43.3 Å². The summed E-state index contributed by atoms with van der Waals surface area (Å²) >= 11 is 0. The third-order valence-corrected chi connectivity index (χ3v) is 2.74. The smallest absolute Gasteiger partial charge is 0.0226 e. The van der Waals surface area contributed by atoms with Crippen molar-refractivity contribution in [1.82, 2.24) is 9.88 Å². The van der Waals surface area contributed by atoms with Crippen LogP contribution in [0.4, 0.5) is 0 Å². The molecule has 84 valence electrons. The van der Waals surface area contributed by atoms with Gasteiger partial charge in [0.25, 0.3) is 0 Å². The summed E-state index contributed by atoms with van der Waals surface area (Å²) in [6, 6.07) is 2.27. The minimum absolute atomic E-state index is 0.899. The SMILES string of the molecule is C=C(C)CNCc1cc(C)n(CC)c1C. The highest BCUT2D eigenvalue weighted by Gasteiger charge is 2.06. The van der Waals surface area contributed by atoms with Gasteiger partial charge in [-0.25, -0.2) is 0 Å². The first-order valence-electron chi connectivity index (χ1n) is 5.57. The summed E-state index contributed by atoms with van der Waals surface area (Å²) in [5.41, 5.74) is 5.31. The van der Waals surface area contributed by atoms with E-state index >= 15 is 0 Å². The van der Waals surface area contributed by atoms with Crippen LogP contribution < -0.4 is 5.32 Å². The van der Waals surface area contributed by atoms with Gasteiger partial charge in [-0.1, -0.05) is 12.2 Å². The Morgan fingerprint density at radius 3 is 2.60 bits per heavy atom. The van der Waals surface area contributed by atoms with E-state index in [1.807, 2.05) is 6.92 Å². The zero-order chi connectivity index (χ0) is 11.4. The molecule has 0 radical (unpaired) electrons. The molecule has 0 saturated carbocycles. The molecule has 0 amide bonds. The fourth-order valence-corrected chi connectivity index (χ4v) is 1.95. The molecule has 0 aliphatic rings. The van der Waals surface area contributed by atoms with Gasteiger partial charge < -0.3 is 9.88 Å². The summed E-state index contributed by atoms with van der Waals surface area (Å²) in [5.74, 6) is 0. The molecule has 15 heavy (non-hydrogen) atoms. The van der Waals surface area contributed by atoms with Crippen molar-refractivity contribution >= 4 is 0 Å². The van der Waals surface area contributed by atoms with Crippen LogP contribution in [0.1, 0.15) is 30.8 Å². The first-order valence-corrected chi connectivity index (χ1v) is 5.57. The van der Waals surface area contributed by atoms with Gasteiger partial charge in [0.05, 0.1) is 0 Å². The van der Waals surface area contributed by atoms with Crippen molar-refractivity contribution < 1.29 is 0 Å². The lowest BCUT2D eigenvalue weighted by Crippen LogP contribution is -2.15. The Morgan fingerprint density at radius 1 is 1.47 bits per heavy atom. The van der Waals surface area contributed by atoms with Crippen LogP contribution >= 0.6 is 0 Å². The van der Waals surface area contributed by atoms with Crippen LogP contribution in [-0.2, 0) is 13.1 Å². The van der Waals surface area contributed by atoms with E-state index < -0.39 is 0 Å². The van der Waals surface area contributed by atoms with Crippen molar-refractivity contribution in [2.24, 2.45) is 0 Å². The Morgan fingerprint density at radius 2 is 2.13 bits per heavy atom. The summed E-state index contributed by atoms with van der Waals surface area (Å²) in [5, 5.41) is 3.39. The summed E-state index contributed by atoms with van der Waals surface area (Å²) in [6.07, 6.45) is 0. The highest BCUT2D eigenvalue weighted by atomic mass is 15.0. The molecule has 2 heteroatoms. The molecular formula is C13H22N2. The lowest BCUT2D eigenvalue weighted by molar-refractivity contribution is 0.698. The predicted molar refractivity (Wildman–Crippen MR) is 66.1 cm³/mol. The number of aromatic nitrogens is 1. The van der Waals surface area contributed by atoms with Crippen LogP contribution in [0.5, 0.6) is 0 Å². The molecule has 0 aromatic carbocycles. The fraction of sp³-hybridized carbons (Fsp3) is 0.538. The van der Waals surface area contributed by atoms with Crippen molar-refractivity contribution in [1.29, 1.82) is 0 Å².